The van der Waals surface area contributed by atoms with Gasteiger partial charge in [-0.2, -0.15) is 0 Å². The van der Waals surface area contributed by atoms with Gasteiger partial charge < -0.3 is 10.2 Å². The van der Waals surface area contributed by atoms with Gasteiger partial charge in [0.15, 0.2) is 5.11 Å². The molecule has 0 saturated carbocycles. The third-order valence-electron chi connectivity index (χ3n) is 4.49. The number of benzene rings is 2. The first kappa shape index (κ1) is 19.9. The molecule has 0 aliphatic heterocycles. The van der Waals surface area contributed by atoms with Crippen molar-refractivity contribution in [3.8, 4) is 0 Å². The molecular formula is C22H23ClN2S2. The van der Waals surface area contributed by atoms with Gasteiger partial charge >= 0.3 is 0 Å². The van der Waals surface area contributed by atoms with E-state index in [1.165, 1.54) is 10.4 Å². The number of hydrogen-bond donors (Lipinski definition) is 1. The number of thiophene rings is 1. The van der Waals surface area contributed by atoms with Gasteiger partial charge in [-0.1, -0.05) is 54.1 Å². The van der Waals surface area contributed by atoms with Crippen molar-refractivity contribution in [2.24, 2.45) is 0 Å². The quantitative estimate of drug-likeness (QED) is 0.461. The van der Waals surface area contributed by atoms with Crippen LogP contribution >= 0.6 is 35.2 Å². The third kappa shape index (κ3) is 5.55. The van der Waals surface area contributed by atoms with Crippen molar-refractivity contribution >= 4 is 46.0 Å². The summed E-state index contributed by atoms with van der Waals surface area (Å²) in [4.78, 5) is 3.61. The Balaban J connectivity index is 1.78. The second kappa shape index (κ2) is 9.36. The van der Waals surface area contributed by atoms with E-state index < -0.39 is 0 Å². The van der Waals surface area contributed by atoms with E-state index in [9.17, 15) is 0 Å². The number of hydrogen-bond acceptors (Lipinski definition) is 2. The highest BCUT2D eigenvalue weighted by atomic mass is 35.5. The molecule has 0 unspecified atom stereocenters. The maximum absolute atomic E-state index is 6.27. The number of nitrogens with one attached hydrogen (secondary N) is 1. The van der Waals surface area contributed by atoms with Crippen molar-refractivity contribution in [2.45, 2.75) is 32.9 Å². The van der Waals surface area contributed by atoms with Gasteiger partial charge in [0, 0.05) is 34.6 Å². The summed E-state index contributed by atoms with van der Waals surface area (Å²) < 4.78 is 0. The third-order valence-corrected chi connectivity index (χ3v) is 6.13. The maximum atomic E-state index is 6.27. The molecule has 0 radical (unpaired) electrons. The first-order valence-corrected chi connectivity index (χ1v) is 10.6. The number of halogens is 1. The molecule has 0 saturated heterocycles. The molecule has 2 nitrogen and oxygen atoms in total. The minimum Gasteiger partial charge on any atom is -0.342 e. The summed E-state index contributed by atoms with van der Waals surface area (Å²) in [5, 5.41) is 6.94. The van der Waals surface area contributed by atoms with Gasteiger partial charge in [0.25, 0.3) is 0 Å². The molecule has 0 amide bonds. The lowest BCUT2D eigenvalue weighted by molar-refractivity contribution is 0.326. The summed E-state index contributed by atoms with van der Waals surface area (Å²) in [7, 11) is 0. The van der Waals surface area contributed by atoms with Gasteiger partial charge in [-0.05, 0) is 60.8 Å². The SMILES string of the molecule is Cc1ccc(NC(=S)N(Cc2ccccc2)[C@@H](C)Cc2cccs2)cc1Cl. The van der Waals surface area contributed by atoms with Gasteiger partial charge in [0.2, 0.25) is 0 Å². The first-order chi connectivity index (χ1) is 13.0. The zero-order valence-electron chi connectivity index (χ0n) is 15.5. The van der Waals surface area contributed by atoms with Crippen LogP contribution < -0.4 is 5.32 Å². The second-order valence-corrected chi connectivity index (χ2v) is 8.47. The molecule has 140 valence electrons. The Hall–Kier alpha value is -1.88. The summed E-state index contributed by atoms with van der Waals surface area (Å²) in [5.74, 6) is 0. The van der Waals surface area contributed by atoms with Crippen LogP contribution in [0.5, 0.6) is 0 Å². The molecule has 3 aromatic rings. The molecule has 1 heterocycles. The zero-order valence-corrected chi connectivity index (χ0v) is 17.9. The van der Waals surface area contributed by atoms with Crippen LogP contribution in [-0.2, 0) is 13.0 Å². The maximum Gasteiger partial charge on any atom is 0.173 e. The first-order valence-electron chi connectivity index (χ1n) is 8.93. The van der Waals surface area contributed by atoms with Crippen LogP contribution in [0.1, 0.15) is 22.9 Å². The average Bonchev–Trinajstić information content (AvgIpc) is 3.16. The number of nitrogens with zero attached hydrogens (tertiary/aromatic N) is 1. The summed E-state index contributed by atoms with van der Waals surface area (Å²) >= 11 is 13.8. The Morgan fingerprint density at radius 3 is 2.59 bits per heavy atom. The largest absolute Gasteiger partial charge is 0.342 e. The zero-order chi connectivity index (χ0) is 19.2. The van der Waals surface area contributed by atoms with Crippen molar-refractivity contribution in [1.29, 1.82) is 0 Å². The molecule has 0 aliphatic rings. The number of rotatable bonds is 6. The molecule has 0 fully saturated rings. The average molecular weight is 415 g/mol. The fourth-order valence-corrected chi connectivity index (χ4v) is 4.27. The van der Waals surface area contributed by atoms with E-state index in [1.54, 1.807) is 11.3 Å². The van der Waals surface area contributed by atoms with Gasteiger partial charge in [-0.3, -0.25) is 0 Å². The number of anilines is 1. The van der Waals surface area contributed by atoms with Gasteiger partial charge in [0.1, 0.15) is 0 Å². The monoisotopic (exact) mass is 414 g/mol. The highest BCUT2D eigenvalue weighted by Gasteiger charge is 2.19. The fourth-order valence-electron chi connectivity index (χ4n) is 2.90. The van der Waals surface area contributed by atoms with E-state index in [4.69, 9.17) is 23.8 Å². The molecule has 1 aromatic heterocycles. The molecule has 5 heteroatoms. The molecule has 2 aromatic carbocycles. The van der Waals surface area contributed by atoms with E-state index in [-0.39, 0.29) is 6.04 Å². The number of thiocarbonyl (C=S) groups is 1. The highest BCUT2D eigenvalue weighted by molar-refractivity contribution is 7.80. The van der Waals surface area contributed by atoms with Crippen LogP contribution in [0.4, 0.5) is 5.69 Å². The molecule has 27 heavy (non-hydrogen) atoms. The smallest absolute Gasteiger partial charge is 0.173 e. The summed E-state index contributed by atoms with van der Waals surface area (Å²) in [6, 6.07) is 20.9. The lowest BCUT2D eigenvalue weighted by Crippen LogP contribution is -2.41. The lowest BCUT2D eigenvalue weighted by atomic mass is 10.1. The van der Waals surface area contributed by atoms with Crippen LogP contribution in [0.15, 0.2) is 66.0 Å². The van der Waals surface area contributed by atoms with Crippen molar-refractivity contribution in [1.82, 2.24) is 4.90 Å². The molecule has 0 spiro atoms. The Bertz CT molecular complexity index is 879. The van der Waals surface area contributed by atoms with E-state index in [0.717, 1.165) is 29.2 Å². The normalized spacial score (nSPS) is 11.8. The van der Waals surface area contributed by atoms with Crippen LogP contribution in [0, 0.1) is 6.92 Å². The van der Waals surface area contributed by atoms with Crippen molar-refractivity contribution in [2.75, 3.05) is 5.32 Å². The predicted octanol–water partition coefficient (Wildman–Crippen LogP) is 6.54. The van der Waals surface area contributed by atoms with Gasteiger partial charge in [-0.15, -0.1) is 11.3 Å². The van der Waals surface area contributed by atoms with E-state index in [1.807, 2.05) is 31.2 Å². The van der Waals surface area contributed by atoms with Crippen LogP contribution in [-0.4, -0.2) is 16.1 Å². The molecular weight excluding hydrogens is 392 g/mol. The Kier molecular flexibility index (Phi) is 6.89. The second-order valence-electron chi connectivity index (χ2n) is 6.64. The minimum atomic E-state index is 0.268. The molecule has 3 rings (SSSR count). The van der Waals surface area contributed by atoms with E-state index >= 15 is 0 Å². The van der Waals surface area contributed by atoms with Crippen molar-refractivity contribution in [3.05, 3.63) is 87.1 Å². The summed E-state index contributed by atoms with van der Waals surface area (Å²) in [6.45, 7) is 4.98. The van der Waals surface area contributed by atoms with E-state index in [0.29, 0.717) is 5.11 Å². The number of aryl methyl sites for hydroxylation is 1. The predicted molar refractivity (Wildman–Crippen MR) is 122 cm³/mol. The van der Waals surface area contributed by atoms with Crippen LogP contribution in [0.2, 0.25) is 5.02 Å². The molecule has 1 N–H and O–H groups in total. The van der Waals surface area contributed by atoms with Gasteiger partial charge in [0.05, 0.1) is 0 Å². The Labute approximate surface area is 175 Å². The molecule has 1 atom stereocenters. The standard InChI is InChI=1S/C22H23ClN2S2/c1-16-10-11-19(14-21(16)23)24-22(26)25(15-18-7-4-3-5-8-18)17(2)13-20-9-6-12-27-20/h3-12,14,17H,13,15H2,1-2H3,(H,24,26)/t17-/m0/s1. The van der Waals surface area contributed by atoms with Gasteiger partial charge in [-0.25, -0.2) is 0 Å². The lowest BCUT2D eigenvalue weighted by Gasteiger charge is -2.32. The van der Waals surface area contributed by atoms with Crippen molar-refractivity contribution < 1.29 is 0 Å². The minimum absolute atomic E-state index is 0.268. The van der Waals surface area contributed by atoms with Crippen LogP contribution in [0.3, 0.4) is 0 Å². The fraction of sp³-hybridized carbons (Fsp3) is 0.227. The molecule has 0 aliphatic carbocycles. The van der Waals surface area contributed by atoms with E-state index in [2.05, 4.69) is 58.9 Å². The highest BCUT2D eigenvalue weighted by Crippen LogP contribution is 2.22. The molecule has 0 bridgehead atoms. The topological polar surface area (TPSA) is 15.3 Å². The summed E-state index contributed by atoms with van der Waals surface area (Å²) in [5.41, 5.74) is 3.21. The Morgan fingerprint density at radius 2 is 1.93 bits per heavy atom. The van der Waals surface area contributed by atoms with Crippen molar-refractivity contribution in [3.63, 3.8) is 0 Å². The van der Waals surface area contributed by atoms with Crippen LogP contribution in [0.25, 0.3) is 0 Å². The summed E-state index contributed by atoms with van der Waals surface area (Å²) in [6.07, 6.45) is 0.959. The Morgan fingerprint density at radius 1 is 1.15 bits per heavy atom.